The second-order valence-corrected chi connectivity index (χ2v) is 4.03. The van der Waals surface area contributed by atoms with Crippen LogP contribution in [0.25, 0.3) is 0 Å². The molecule has 0 bridgehead atoms. The van der Waals surface area contributed by atoms with Crippen molar-refractivity contribution in [3.8, 4) is 0 Å². The summed E-state index contributed by atoms with van der Waals surface area (Å²) in [6.07, 6.45) is 0.979. The van der Waals surface area contributed by atoms with Gasteiger partial charge in [0.1, 0.15) is 0 Å². The van der Waals surface area contributed by atoms with E-state index in [2.05, 4.69) is 35.8 Å². The van der Waals surface area contributed by atoms with Crippen LogP contribution in [0.2, 0.25) is 0 Å². The van der Waals surface area contributed by atoms with Crippen LogP contribution in [0.4, 0.5) is 0 Å². The van der Waals surface area contributed by atoms with E-state index < -0.39 is 0 Å². The summed E-state index contributed by atoms with van der Waals surface area (Å²) in [6, 6.07) is 0.231. The van der Waals surface area contributed by atoms with Gasteiger partial charge in [-0.2, -0.15) is 4.98 Å². The number of rotatable bonds is 4. The Morgan fingerprint density at radius 2 is 2.00 bits per heavy atom. The molecular formula is C10H19N3O. The Bertz CT molecular complexity index is 281. The molecule has 0 aliphatic heterocycles. The maximum absolute atomic E-state index is 5.24. The largest absolute Gasteiger partial charge is 0.338 e. The van der Waals surface area contributed by atoms with Crippen molar-refractivity contribution >= 4 is 0 Å². The number of hydrogen-bond donors (Lipinski definition) is 0. The first-order valence-corrected chi connectivity index (χ1v) is 5.06. The highest BCUT2D eigenvalue weighted by atomic mass is 16.5. The van der Waals surface area contributed by atoms with E-state index in [1.807, 2.05) is 14.1 Å². The normalized spacial score (nSPS) is 13.9. The van der Waals surface area contributed by atoms with Crippen LogP contribution in [-0.4, -0.2) is 29.1 Å². The summed E-state index contributed by atoms with van der Waals surface area (Å²) in [5.41, 5.74) is 0. The summed E-state index contributed by atoms with van der Waals surface area (Å²) < 4.78 is 5.24. The first-order valence-electron chi connectivity index (χ1n) is 5.06. The molecule has 1 heterocycles. The molecule has 1 aromatic rings. The molecule has 0 aliphatic carbocycles. The molecule has 0 spiro atoms. The van der Waals surface area contributed by atoms with Gasteiger partial charge in [0.25, 0.3) is 0 Å². The quantitative estimate of drug-likeness (QED) is 0.742. The monoisotopic (exact) mass is 197 g/mol. The fraction of sp³-hybridized carbons (Fsp3) is 0.800. The average Bonchev–Trinajstić information content (AvgIpc) is 2.53. The second kappa shape index (κ2) is 4.55. The van der Waals surface area contributed by atoms with Gasteiger partial charge in [0.05, 0.1) is 6.04 Å². The summed E-state index contributed by atoms with van der Waals surface area (Å²) in [6.45, 7) is 6.24. The number of nitrogens with zero attached hydrogens (tertiary/aromatic N) is 3. The molecule has 1 aromatic heterocycles. The molecule has 0 N–H and O–H groups in total. The molecule has 0 amide bonds. The van der Waals surface area contributed by atoms with Crippen molar-refractivity contribution in [2.45, 2.75) is 39.2 Å². The Morgan fingerprint density at radius 1 is 1.36 bits per heavy atom. The maximum Gasteiger partial charge on any atom is 0.243 e. The topological polar surface area (TPSA) is 42.2 Å². The van der Waals surface area contributed by atoms with Crippen molar-refractivity contribution < 1.29 is 4.52 Å². The predicted molar refractivity (Wildman–Crippen MR) is 55.1 cm³/mol. The van der Waals surface area contributed by atoms with Crippen LogP contribution in [0, 0.1) is 0 Å². The Balaban J connectivity index is 2.84. The summed E-state index contributed by atoms with van der Waals surface area (Å²) in [4.78, 5) is 6.48. The first-order chi connectivity index (χ1) is 6.56. The van der Waals surface area contributed by atoms with Gasteiger partial charge in [0, 0.05) is 5.92 Å². The van der Waals surface area contributed by atoms with Crippen LogP contribution in [0.1, 0.15) is 50.9 Å². The molecule has 80 valence electrons. The van der Waals surface area contributed by atoms with Gasteiger partial charge in [0.2, 0.25) is 5.89 Å². The molecule has 0 saturated carbocycles. The number of aromatic nitrogens is 2. The van der Waals surface area contributed by atoms with Gasteiger partial charge in [-0.3, -0.25) is 4.90 Å². The van der Waals surface area contributed by atoms with Gasteiger partial charge < -0.3 is 4.52 Å². The van der Waals surface area contributed by atoms with Crippen molar-refractivity contribution in [3.05, 3.63) is 11.7 Å². The molecule has 0 saturated heterocycles. The lowest BCUT2D eigenvalue weighted by Gasteiger charge is -2.18. The summed E-state index contributed by atoms with van der Waals surface area (Å²) in [5, 5.41) is 3.95. The zero-order valence-electron chi connectivity index (χ0n) is 9.61. The van der Waals surface area contributed by atoms with E-state index in [-0.39, 0.29) is 6.04 Å². The van der Waals surface area contributed by atoms with E-state index in [0.717, 1.165) is 18.1 Å². The molecule has 0 radical (unpaired) electrons. The lowest BCUT2D eigenvalue weighted by molar-refractivity contribution is 0.223. The van der Waals surface area contributed by atoms with Gasteiger partial charge in [0.15, 0.2) is 5.82 Å². The van der Waals surface area contributed by atoms with E-state index >= 15 is 0 Å². The van der Waals surface area contributed by atoms with Crippen LogP contribution < -0.4 is 0 Å². The molecule has 1 rings (SSSR count). The zero-order chi connectivity index (χ0) is 10.7. The zero-order valence-corrected chi connectivity index (χ0v) is 9.61. The molecule has 4 nitrogen and oxygen atoms in total. The molecule has 14 heavy (non-hydrogen) atoms. The molecule has 0 fully saturated rings. The lowest BCUT2D eigenvalue weighted by atomic mass is 10.2. The Hall–Kier alpha value is -0.900. The minimum Gasteiger partial charge on any atom is -0.338 e. The van der Waals surface area contributed by atoms with Crippen LogP contribution in [0.3, 0.4) is 0 Å². The highest BCUT2D eigenvalue weighted by molar-refractivity contribution is 4.95. The maximum atomic E-state index is 5.24. The van der Waals surface area contributed by atoms with E-state index in [1.54, 1.807) is 0 Å². The fourth-order valence-electron chi connectivity index (χ4n) is 1.38. The third-order valence-corrected chi connectivity index (χ3v) is 2.27. The average molecular weight is 197 g/mol. The minimum atomic E-state index is 0.231. The van der Waals surface area contributed by atoms with Crippen LogP contribution in [0.15, 0.2) is 4.52 Å². The first kappa shape index (κ1) is 11.2. The fourth-order valence-corrected chi connectivity index (χ4v) is 1.38. The van der Waals surface area contributed by atoms with E-state index in [1.165, 1.54) is 0 Å². The predicted octanol–water partition coefficient (Wildman–Crippen LogP) is 2.21. The van der Waals surface area contributed by atoms with Crippen LogP contribution in [-0.2, 0) is 0 Å². The second-order valence-electron chi connectivity index (χ2n) is 4.03. The van der Waals surface area contributed by atoms with E-state index in [0.29, 0.717) is 5.92 Å². The molecule has 4 heteroatoms. The van der Waals surface area contributed by atoms with Gasteiger partial charge in [-0.25, -0.2) is 0 Å². The Kier molecular flexibility index (Phi) is 3.63. The minimum absolute atomic E-state index is 0.231. The van der Waals surface area contributed by atoms with Gasteiger partial charge in [-0.05, 0) is 20.5 Å². The highest BCUT2D eigenvalue weighted by Gasteiger charge is 2.19. The van der Waals surface area contributed by atoms with Gasteiger partial charge >= 0.3 is 0 Å². The van der Waals surface area contributed by atoms with E-state index in [4.69, 9.17) is 4.52 Å². The van der Waals surface area contributed by atoms with Crippen molar-refractivity contribution in [1.82, 2.24) is 15.0 Å². The Labute approximate surface area is 85.3 Å². The highest BCUT2D eigenvalue weighted by Crippen LogP contribution is 2.21. The molecule has 1 unspecified atom stereocenters. The SMILES string of the molecule is CCC(c1nc(C(C)C)no1)N(C)C. The van der Waals surface area contributed by atoms with Gasteiger partial charge in [-0.1, -0.05) is 25.9 Å². The molecule has 0 aliphatic rings. The van der Waals surface area contributed by atoms with E-state index in [9.17, 15) is 0 Å². The van der Waals surface area contributed by atoms with Crippen molar-refractivity contribution in [3.63, 3.8) is 0 Å². The summed E-state index contributed by atoms with van der Waals surface area (Å²) in [7, 11) is 4.04. The third kappa shape index (κ3) is 2.32. The van der Waals surface area contributed by atoms with Crippen molar-refractivity contribution in [1.29, 1.82) is 0 Å². The Morgan fingerprint density at radius 3 is 2.36 bits per heavy atom. The summed E-state index contributed by atoms with van der Waals surface area (Å²) >= 11 is 0. The van der Waals surface area contributed by atoms with Gasteiger partial charge in [-0.15, -0.1) is 0 Å². The molecular weight excluding hydrogens is 178 g/mol. The molecule has 0 aromatic carbocycles. The smallest absolute Gasteiger partial charge is 0.243 e. The lowest BCUT2D eigenvalue weighted by Crippen LogP contribution is -2.19. The number of hydrogen-bond acceptors (Lipinski definition) is 4. The standard InChI is InChI=1S/C10H19N3O/c1-6-8(13(4)5)10-11-9(7(2)3)12-14-10/h7-8H,6H2,1-5H3. The van der Waals surface area contributed by atoms with Crippen LogP contribution in [0.5, 0.6) is 0 Å². The summed E-state index contributed by atoms with van der Waals surface area (Å²) in [5.74, 6) is 1.84. The van der Waals surface area contributed by atoms with Crippen molar-refractivity contribution in [2.75, 3.05) is 14.1 Å². The third-order valence-electron chi connectivity index (χ3n) is 2.27. The van der Waals surface area contributed by atoms with Crippen LogP contribution >= 0.6 is 0 Å². The van der Waals surface area contributed by atoms with Crippen molar-refractivity contribution in [2.24, 2.45) is 0 Å². The molecule has 1 atom stereocenters.